The maximum Gasteiger partial charge on any atom is 0.252 e. The second kappa shape index (κ2) is 4.98. The molecule has 3 rings (SSSR count). The molecule has 1 saturated carbocycles. The van der Waals surface area contributed by atoms with Crippen LogP contribution in [-0.4, -0.2) is 15.9 Å². The van der Waals surface area contributed by atoms with E-state index in [0.29, 0.717) is 11.5 Å². The predicted octanol–water partition coefficient (Wildman–Crippen LogP) is 3.08. The van der Waals surface area contributed by atoms with Crippen molar-refractivity contribution in [3.05, 3.63) is 46.2 Å². The van der Waals surface area contributed by atoms with Gasteiger partial charge in [0.1, 0.15) is 5.01 Å². The summed E-state index contributed by atoms with van der Waals surface area (Å²) in [6, 6.07) is 3.67. The lowest BCUT2D eigenvalue weighted by atomic mass is 10.1. The van der Waals surface area contributed by atoms with Gasteiger partial charge in [-0.3, -0.25) is 9.78 Å². The summed E-state index contributed by atoms with van der Waals surface area (Å²) in [5.41, 5.74) is 1.24. The fourth-order valence-corrected chi connectivity index (χ4v) is 2.85. The minimum Gasteiger partial charge on any atom is -0.341 e. The SMILES string of the molecule is CC(C)(NC(=O)c1ccnc(C2CC2)c1)c1nccs1. The fraction of sp³-hybridized carbons (Fsp3) is 0.400. The van der Waals surface area contributed by atoms with Gasteiger partial charge < -0.3 is 5.32 Å². The van der Waals surface area contributed by atoms with Crippen LogP contribution in [-0.2, 0) is 5.54 Å². The number of nitrogens with one attached hydrogen (secondary N) is 1. The quantitative estimate of drug-likeness (QED) is 0.940. The van der Waals surface area contributed by atoms with Crippen LogP contribution in [0, 0.1) is 0 Å². The summed E-state index contributed by atoms with van der Waals surface area (Å²) in [4.78, 5) is 21.0. The van der Waals surface area contributed by atoms with E-state index in [9.17, 15) is 4.79 Å². The van der Waals surface area contributed by atoms with Gasteiger partial charge in [-0.2, -0.15) is 0 Å². The van der Waals surface area contributed by atoms with E-state index >= 15 is 0 Å². The van der Waals surface area contributed by atoms with Gasteiger partial charge in [-0.05, 0) is 38.8 Å². The molecule has 5 heteroatoms. The molecule has 2 aromatic rings. The molecular formula is C15H17N3OS. The molecule has 1 aliphatic rings. The molecule has 0 radical (unpaired) electrons. The Morgan fingerprint density at radius 2 is 2.15 bits per heavy atom. The predicted molar refractivity (Wildman–Crippen MR) is 78.8 cm³/mol. The summed E-state index contributed by atoms with van der Waals surface area (Å²) in [6.07, 6.45) is 5.84. The van der Waals surface area contributed by atoms with Crippen molar-refractivity contribution in [2.45, 2.75) is 38.1 Å². The van der Waals surface area contributed by atoms with Crippen molar-refractivity contribution in [2.75, 3.05) is 0 Å². The lowest BCUT2D eigenvalue weighted by Gasteiger charge is -2.23. The normalized spacial score (nSPS) is 15.1. The van der Waals surface area contributed by atoms with Crippen LogP contribution >= 0.6 is 11.3 Å². The highest BCUT2D eigenvalue weighted by Gasteiger charge is 2.28. The van der Waals surface area contributed by atoms with Crippen LogP contribution in [0.2, 0.25) is 0 Å². The molecule has 20 heavy (non-hydrogen) atoms. The number of carbonyl (C=O) groups is 1. The van der Waals surface area contributed by atoms with Crippen LogP contribution in [0.1, 0.15) is 53.7 Å². The first-order valence-electron chi connectivity index (χ1n) is 6.75. The van der Waals surface area contributed by atoms with Gasteiger partial charge in [-0.25, -0.2) is 4.98 Å². The Morgan fingerprint density at radius 3 is 2.80 bits per heavy atom. The number of thiazole rings is 1. The second-order valence-corrected chi connectivity index (χ2v) is 6.55. The second-order valence-electron chi connectivity index (χ2n) is 5.66. The highest BCUT2D eigenvalue weighted by Crippen LogP contribution is 2.39. The van der Waals surface area contributed by atoms with Gasteiger partial charge in [0.05, 0.1) is 5.54 Å². The lowest BCUT2D eigenvalue weighted by Crippen LogP contribution is -2.40. The third-order valence-electron chi connectivity index (χ3n) is 3.43. The van der Waals surface area contributed by atoms with Crippen molar-refractivity contribution < 1.29 is 4.79 Å². The molecule has 104 valence electrons. The maximum absolute atomic E-state index is 12.4. The van der Waals surface area contributed by atoms with Gasteiger partial charge in [0.2, 0.25) is 0 Å². The lowest BCUT2D eigenvalue weighted by molar-refractivity contribution is 0.0911. The molecule has 0 bridgehead atoms. The molecule has 1 amide bonds. The van der Waals surface area contributed by atoms with Gasteiger partial charge in [0, 0.05) is 34.9 Å². The van der Waals surface area contributed by atoms with E-state index in [4.69, 9.17) is 0 Å². The van der Waals surface area contributed by atoms with E-state index in [1.54, 1.807) is 29.8 Å². The smallest absolute Gasteiger partial charge is 0.252 e. The Morgan fingerprint density at radius 1 is 1.35 bits per heavy atom. The van der Waals surface area contributed by atoms with E-state index in [2.05, 4.69) is 15.3 Å². The zero-order chi connectivity index (χ0) is 14.2. The zero-order valence-corrected chi connectivity index (χ0v) is 12.4. The first kappa shape index (κ1) is 13.2. The molecule has 0 unspecified atom stereocenters. The van der Waals surface area contributed by atoms with Gasteiger partial charge in [-0.1, -0.05) is 0 Å². The highest BCUT2D eigenvalue weighted by atomic mass is 32.1. The van der Waals surface area contributed by atoms with Crippen LogP contribution in [0.5, 0.6) is 0 Å². The average Bonchev–Trinajstić information content (AvgIpc) is 3.12. The van der Waals surface area contributed by atoms with Crippen molar-refractivity contribution in [3.8, 4) is 0 Å². The monoisotopic (exact) mass is 287 g/mol. The third kappa shape index (κ3) is 2.72. The number of aromatic nitrogens is 2. The fourth-order valence-electron chi connectivity index (χ4n) is 2.13. The first-order valence-corrected chi connectivity index (χ1v) is 7.63. The number of pyridine rings is 1. The highest BCUT2D eigenvalue weighted by molar-refractivity contribution is 7.09. The van der Waals surface area contributed by atoms with Crippen LogP contribution < -0.4 is 5.32 Å². The molecule has 0 atom stereocenters. The third-order valence-corrected chi connectivity index (χ3v) is 4.53. The van der Waals surface area contributed by atoms with Crippen molar-refractivity contribution in [1.29, 1.82) is 0 Å². The van der Waals surface area contributed by atoms with Crippen LogP contribution in [0.25, 0.3) is 0 Å². The van der Waals surface area contributed by atoms with E-state index in [0.717, 1.165) is 10.7 Å². The summed E-state index contributed by atoms with van der Waals surface area (Å²) in [5.74, 6) is 0.476. The average molecular weight is 287 g/mol. The molecule has 0 spiro atoms. The van der Waals surface area contributed by atoms with Crippen molar-refractivity contribution in [2.24, 2.45) is 0 Å². The van der Waals surface area contributed by atoms with Crippen LogP contribution in [0.4, 0.5) is 0 Å². The van der Waals surface area contributed by atoms with Crippen molar-refractivity contribution >= 4 is 17.2 Å². The molecule has 1 aliphatic carbocycles. The van der Waals surface area contributed by atoms with Crippen LogP contribution in [0.15, 0.2) is 29.9 Å². The van der Waals surface area contributed by atoms with Crippen molar-refractivity contribution in [1.82, 2.24) is 15.3 Å². The standard InChI is InChI=1S/C15H17N3OS/c1-15(2,14-17-7-8-20-14)18-13(19)11-5-6-16-12(9-11)10-3-4-10/h5-10H,3-4H2,1-2H3,(H,18,19). The first-order chi connectivity index (χ1) is 9.56. The van der Waals surface area contributed by atoms with Gasteiger partial charge in [-0.15, -0.1) is 11.3 Å². The molecule has 0 aromatic carbocycles. The zero-order valence-electron chi connectivity index (χ0n) is 11.6. The molecule has 2 aromatic heterocycles. The Balaban J connectivity index is 1.77. The van der Waals surface area contributed by atoms with Gasteiger partial charge in [0.25, 0.3) is 5.91 Å². The molecule has 4 nitrogen and oxygen atoms in total. The minimum atomic E-state index is -0.464. The van der Waals surface area contributed by atoms with Gasteiger partial charge in [0.15, 0.2) is 0 Å². The number of hydrogen-bond acceptors (Lipinski definition) is 4. The Bertz CT molecular complexity index is 618. The molecule has 1 fully saturated rings. The molecule has 0 aliphatic heterocycles. The van der Waals surface area contributed by atoms with Gasteiger partial charge >= 0.3 is 0 Å². The topological polar surface area (TPSA) is 54.9 Å². The van der Waals surface area contributed by atoms with E-state index < -0.39 is 5.54 Å². The van der Waals surface area contributed by atoms with E-state index in [1.165, 1.54) is 12.8 Å². The van der Waals surface area contributed by atoms with Crippen molar-refractivity contribution in [3.63, 3.8) is 0 Å². The van der Waals surface area contributed by atoms with E-state index in [-0.39, 0.29) is 5.91 Å². The number of nitrogens with zero attached hydrogens (tertiary/aromatic N) is 2. The molecular weight excluding hydrogens is 270 g/mol. The molecule has 2 heterocycles. The summed E-state index contributed by atoms with van der Waals surface area (Å²) in [6.45, 7) is 3.93. The number of carbonyl (C=O) groups excluding carboxylic acids is 1. The Labute approximate surface area is 122 Å². The van der Waals surface area contributed by atoms with Crippen LogP contribution in [0.3, 0.4) is 0 Å². The number of rotatable bonds is 4. The maximum atomic E-state index is 12.4. The Kier molecular flexibility index (Phi) is 3.30. The summed E-state index contributed by atoms with van der Waals surface area (Å²) in [5, 5.41) is 5.87. The summed E-state index contributed by atoms with van der Waals surface area (Å²) in [7, 11) is 0. The summed E-state index contributed by atoms with van der Waals surface area (Å²) >= 11 is 1.55. The molecule has 1 N–H and O–H groups in total. The number of amides is 1. The molecule has 0 saturated heterocycles. The van der Waals surface area contributed by atoms with E-state index in [1.807, 2.05) is 25.3 Å². The largest absolute Gasteiger partial charge is 0.341 e. The number of hydrogen-bond donors (Lipinski definition) is 1. The Hall–Kier alpha value is -1.75. The minimum absolute atomic E-state index is 0.0745. The summed E-state index contributed by atoms with van der Waals surface area (Å²) < 4.78 is 0.